The number of hydrogen-bond acceptors (Lipinski definition) is 3. The van der Waals surface area contributed by atoms with Gasteiger partial charge in [0, 0.05) is 5.56 Å². The Morgan fingerprint density at radius 2 is 2.05 bits per heavy atom. The molecule has 0 saturated heterocycles. The molecular formula is C16H13ClFNO2. The van der Waals surface area contributed by atoms with Gasteiger partial charge in [-0.15, -0.1) is 0 Å². The van der Waals surface area contributed by atoms with Gasteiger partial charge in [-0.05, 0) is 54.3 Å². The quantitative estimate of drug-likeness (QED) is 0.682. The van der Waals surface area contributed by atoms with Gasteiger partial charge in [-0.3, -0.25) is 0 Å². The highest BCUT2D eigenvalue weighted by atomic mass is 35.5. The van der Waals surface area contributed by atoms with Gasteiger partial charge in [-0.2, -0.15) is 0 Å². The Bertz CT molecular complexity index is 715. The molecule has 0 aliphatic heterocycles. The fourth-order valence-corrected chi connectivity index (χ4v) is 2.64. The van der Waals surface area contributed by atoms with Crippen molar-refractivity contribution in [2.45, 2.75) is 19.4 Å². The first-order valence-electron chi connectivity index (χ1n) is 6.58. The molecule has 0 amide bonds. The average Bonchev–Trinajstić information content (AvgIpc) is 2.90. The minimum Gasteiger partial charge on any atom is -0.489 e. The Balaban J connectivity index is 1.73. The van der Waals surface area contributed by atoms with Crippen LogP contribution < -0.4 is 4.74 Å². The van der Waals surface area contributed by atoms with Gasteiger partial charge in [-0.1, -0.05) is 22.8 Å². The van der Waals surface area contributed by atoms with Crippen molar-refractivity contribution in [3.63, 3.8) is 0 Å². The molecule has 3 rings (SSSR count). The minimum absolute atomic E-state index is 0.0915. The van der Waals surface area contributed by atoms with E-state index in [1.54, 1.807) is 12.1 Å². The van der Waals surface area contributed by atoms with Crippen LogP contribution in [-0.2, 0) is 13.0 Å². The van der Waals surface area contributed by atoms with E-state index in [1.165, 1.54) is 6.07 Å². The summed E-state index contributed by atoms with van der Waals surface area (Å²) in [6.45, 7) is 0.319. The molecule has 3 nitrogen and oxygen atoms in total. The molecule has 1 N–H and O–H groups in total. The topological polar surface area (TPSA) is 41.8 Å². The lowest BCUT2D eigenvalue weighted by atomic mass is 10.1. The predicted molar refractivity (Wildman–Crippen MR) is 78.8 cm³/mol. The zero-order valence-electron chi connectivity index (χ0n) is 11.1. The highest BCUT2D eigenvalue weighted by Gasteiger charge is 2.18. The SMILES string of the molecule is O/N=C1/CCc2cc(OCc3ccc(F)c(Cl)c3)ccc21. The number of benzene rings is 2. The van der Waals surface area contributed by atoms with Crippen LogP contribution in [0.5, 0.6) is 5.75 Å². The van der Waals surface area contributed by atoms with Crippen molar-refractivity contribution < 1.29 is 14.3 Å². The number of oxime groups is 1. The molecule has 0 atom stereocenters. The number of ether oxygens (including phenoxy) is 1. The van der Waals surface area contributed by atoms with Crippen molar-refractivity contribution in [2.75, 3.05) is 0 Å². The summed E-state index contributed by atoms with van der Waals surface area (Å²) >= 11 is 5.74. The van der Waals surface area contributed by atoms with Crippen LogP contribution in [0.15, 0.2) is 41.6 Å². The van der Waals surface area contributed by atoms with Crippen molar-refractivity contribution in [3.8, 4) is 5.75 Å². The van der Waals surface area contributed by atoms with Gasteiger partial charge in [0.25, 0.3) is 0 Å². The number of hydrogen-bond donors (Lipinski definition) is 1. The molecule has 1 aliphatic carbocycles. The molecule has 0 heterocycles. The molecule has 0 saturated carbocycles. The van der Waals surface area contributed by atoms with Gasteiger partial charge in [0.1, 0.15) is 18.2 Å². The third-order valence-corrected chi connectivity index (χ3v) is 3.82. The Morgan fingerprint density at radius 3 is 2.81 bits per heavy atom. The van der Waals surface area contributed by atoms with E-state index in [0.29, 0.717) is 12.3 Å². The van der Waals surface area contributed by atoms with Crippen molar-refractivity contribution in [1.82, 2.24) is 0 Å². The smallest absolute Gasteiger partial charge is 0.141 e. The predicted octanol–water partition coefficient (Wildman–Crippen LogP) is 4.18. The Morgan fingerprint density at radius 1 is 1.19 bits per heavy atom. The highest BCUT2D eigenvalue weighted by Crippen LogP contribution is 2.27. The van der Waals surface area contributed by atoms with Crippen molar-refractivity contribution in [3.05, 3.63) is 63.9 Å². The zero-order chi connectivity index (χ0) is 14.8. The molecule has 2 aromatic rings. The molecule has 0 radical (unpaired) electrons. The van der Waals surface area contributed by atoms with E-state index in [4.69, 9.17) is 21.5 Å². The van der Waals surface area contributed by atoms with Gasteiger partial charge < -0.3 is 9.94 Å². The Hall–Kier alpha value is -2.07. The second kappa shape index (κ2) is 5.74. The summed E-state index contributed by atoms with van der Waals surface area (Å²) in [5, 5.41) is 12.3. The van der Waals surface area contributed by atoms with Crippen LogP contribution in [0.1, 0.15) is 23.1 Å². The summed E-state index contributed by atoms with van der Waals surface area (Å²) in [4.78, 5) is 0. The molecule has 2 aromatic carbocycles. The molecule has 21 heavy (non-hydrogen) atoms. The van der Waals surface area contributed by atoms with E-state index in [-0.39, 0.29) is 5.02 Å². The largest absolute Gasteiger partial charge is 0.489 e. The average molecular weight is 306 g/mol. The number of nitrogens with zero attached hydrogens (tertiary/aromatic N) is 1. The molecule has 0 fully saturated rings. The lowest BCUT2D eigenvalue weighted by Crippen LogP contribution is -1.98. The molecule has 5 heteroatoms. The normalized spacial score (nSPS) is 15.2. The monoisotopic (exact) mass is 305 g/mol. The summed E-state index contributed by atoms with van der Waals surface area (Å²) in [6, 6.07) is 10.2. The molecule has 0 aromatic heterocycles. The Kier molecular flexibility index (Phi) is 3.80. The number of rotatable bonds is 3. The third kappa shape index (κ3) is 2.85. The summed E-state index contributed by atoms with van der Waals surface area (Å²) in [7, 11) is 0. The fourth-order valence-electron chi connectivity index (χ4n) is 2.44. The maximum atomic E-state index is 13.1. The second-order valence-electron chi connectivity index (χ2n) is 4.90. The van der Waals surface area contributed by atoms with E-state index in [9.17, 15) is 4.39 Å². The van der Waals surface area contributed by atoms with Crippen LogP contribution in [0.2, 0.25) is 5.02 Å². The summed E-state index contributed by atoms with van der Waals surface area (Å²) in [6.07, 6.45) is 1.58. The number of aryl methyl sites for hydroxylation is 1. The second-order valence-corrected chi connectivity index (χ2v) is 5.31. The molecule has 108 valence electrons. The maximum absolute atomic E-state index is 13.1. The number of fused-ring (bicyclic) bond motifs is 1. The van der Waals surface area contributed by atoms with E-state index in [1.807, 2.05) is 18.2 Å². The van der Waals surface area contributed by atoms with Crippen LogP contribution in [-0.4, -0.2) is 10.9 Å². The molecule has 0 spiro atoms. The maximum Gasteiger partial charge on any atom is 0.141 e. The first kappa shape index (κ1) is 13.9. The van der Waals surface area contributed by atoms with Gasteiger partial charge in [0.15, 0.2) is 0 Å². The molecule has 1 aliphatic rings. The van der Waals surface area contributed by atoms with E-state index < -0.39 is 5.82 Å². The van der Waals surface area contributed by atoms with Crippen LogP contribution >= 0.6 is 11.6 Å². The van der Waals surface area contributed by atoms with Gasteiger partial charge >= 0.3 is 0 Å². The van der Waals surface area contributed by atoms with Crippen LogP contribution in [0.4, 0.5) is 4.39 Å². The molecular weight excluding hydrogens is 293 g/mol. The van der Waals surface area contributed by atoms with E-state index in [2.05, 4.69) is 5.16 Å². The van der Waals surface area contributed by atoms with Gasteiger partial charge in [0.2, 0.25) is 0 Å². The summed E-state index contributed by atoms with van der Waals surface area (Å²) < 4.78 is 18.8. The van der Waals surface area contributed by atoms with Gasteiger partial charge in [-0.25, -0.2) is 4.39 Å². The van der Waals surface area contributed by atoms with Gasteiger partial charge in [0.05, 0.1) is 10.7 Å². The van der Waals surface area contributed by atoms with Crippen LogP contribution in [0.3, 0.4) is 0 Å². The van der Waals surface area contributed by atoms with Crippen LogP contribution in [0.25, 0.3) is 0 Å². The lowest BCUT2D eigenvalue weighted by molar-refractivity contribution is 0.306. The van der Waals surface area contributed by atoms with Crippen molar-refractivity contribution in [2.24, 2.45) is 5.16 Å². The number of halogens is 2. The third-order valence-electron chi connectivity index (χ3n) is 3.53. The van der Waals surface area contributed by atoms with Crippen molar-refractivity contribution in [1.29, 1.82) is 0 Å². The standard InChI is InChI=1S/C16H13ClFNO2/c17-14-7-10(1-5-15(14)18)9-21-12-3-4-13-11(8-12)2-6-16(13)19-20/h1,3-5,7-8,20H,2,6,9H2/b19-16-. The molecule has 0 bridgehead atoms. The fraction of sp³-hybridized carbons (Fsp3) is 0.188. The Labute approximate surface area is 126 Å². The summed E-state index contributed by atoms with van der Waals surface area (Å²) in [5.74, 6) is 0.294. The highest BCUT2D eigenvalue weighted by molar-refractivity contribution is 6.30. The minimum atomic E-state index is -0.436. The lowest BCUT2D eigenvalue weighted by Gasteiger charge is -2.08. The van der Waals surface area contributed by atoms with E-state index >= 15 is 0 Å². The van der Waals surface area contributed by atoms with E-state index in [0.717, 1.165) is 35.3 Å². The van der Waals surface area contributed by atoms with Crippen molar-refractivity contribution >= 4 is 17.3 Å². The molecule has 0 unspecified atom stereocenters. The van der Waals surface area contributed by atoms with Crippen LogP contribution in [0, 0.1) is 5.82 Å². The first-order valence-corrected chi connectivity index (χ1v) is 6.96. The zero-order valence-corrected chi connectivity index (χ0v) is 11.9. The summed E-state index contributed by atoms with van der Waals surface area (Å²) in [5.41, 5.74) is 3.59. The first-order chi connectivity index (χ1) is 10.2.